The zero-order chi connectivity index (χ0) is 19.4. The molecule has 2 aromatic rings. The Hall–Kier alpha value is -2.96. The zero-order valence-electron chi connectivity index (χ0n) is 14.4. The second kappa shape index (κ2) is 7.73. The first-order valence-electron chi connectivity index (χ1n) is 8.32. The van der Waals surface area contributed by atoms with Crippen molar-refractivity contribution in [3.8, 4) is 11.8 Å². The molecule has 9 heteroatoms. The Morgan fingerprint density at radius 2 is 1.93 bits per heavy atom. The Morgan fingerprint density at radius 3 is 2.59 bits per heavy atom. The number of nitro benzene ring substituents is 1. The van der Waals surface area contributed by atoms with Crippen molar-refractivity contribution in [1.82, 2.24) is 4.31 Å². The van der Waals surface area contributed by atoms with Gasteiger partial charge in [0.05, 0.1) is 21.5 Å². The molecule has 2 aromatic carbocycles. The maximum atomic E-state index is 12.6. The molecule has 1 saturated heterocycles. The molecule has 1 heterocycles. The Labute approximate surface area is 156 Å². The summed E-state index contributed by atoms with van der Waals surface area (Å²) in [6, 6.07) is 12.4. The van der Waals surface area contributed by atoms with Crippen LogP contribution in [0.25, 0.3) is 0 Å². The Bertz CT molecular complexity index is 1010. The number of nitriles is 1. The highest BCUT2D eigenvalue weighted by Crippen LogP contribution is 2.32. The number of rotatable bonds is 6. The van der Waals surface area contributed by atoms with E-state index >= 15 is 0 Å². The SMILES string of the molecule is N#Cc1cccc(COc2ccc(S(=O)(=O)N3CCCC3)cc2[N+](=O)[O-])c1. The number of nitrogens with zero attached hydrogens (tertiary/aromatic N) is 3. The van der Waals surface area contributed by atoms with E-state index in [4.69, 9.17) is 10.00 Å². The summed E-state index contributed by atoms with van der Waals surface area (Å²) in [5.74, 6) is -0.0252. The van der Waals surface area contributed by atoms with E-state index in [1.165, 1.54) is 16.4 Å². The van der Waals surface area contributed by atoms with Crippen molar-refractivity contribution in [2.75, 3.05) is 13.1 Å². The van der Waals surface area contributed by atoms with Gasteiger partial charge in [-0.25, -0.2) is 8.42 Å². The van der Waals surface area contributed by atoms with E-state index in [0.717, 1.165) is 18.9 Å². The van der Waals surface area contributed by atoms with E-state index in [9.17, 15) is 18.5 Å². The molecule has 0 atom stereocenters. The van der Waals surface area contributed by atoms with Gasteiger partial charge in [-0.1, -0.05) is 12.1 Å². The minimum Gasteiger partial charge on any atom is -0.482 e. The van der Waals surface area contributed by atoms with Crippen LogP contribution in [0.4, 0.5) is 5.69 Å². The first kappa shape index (κ1) is 18.8. The van der Waals surface area contributed by atoms with E-state index in [-0.39, 0.29) is 17.3 Å². The fraction of sp³-hybridized carbons (Fsp3) is 0.278. The van der Waals surface area contributed by atoms with Crippen LogP contribution >= 0.6 is 0 Å². The lowest BCUT2D eigenvalue weighted by Gasteiger charge is -2.16. The zero-order valence-corrected chi connectivity index (χ0v) is 15.2. The topological polar surface area (TPSA) is 114 Å². The van der Waals surface area contributed by atoms with Crippen LogP contribution in [0.15, 0.2) is 47.4 Å². The monoisotopic (exact) mass is 387 g/mol. The quantitative estimate of drug-likeness (QED) is 0.556. The van der Waals surface area contributed by atoms with E-state index in [1.807, 2.05) is 6.07 Å². The van der Waals surface area contributed by atoms with E-state index in [2.05, 4.69) is 0 Å². The molecule has 8 nitrogen and oxygen atoms in total. The first-order valence-corrected chi connectivity index (χ1v) is 9.76. The lowest BCUT2D eigenvalue weighted by atomic mass is 10.1. The summed E-state index contributed by atoms with van der Waals surface area (Å²) in [6.45, 7) is 0.863. The van der Waals surface area contributed by atoms with Crippen molar-refractivity contribution in [2.45, 2.75) is 24.3 Å². The maximum absolute atomic E-state index is 12.6. The lowest BCUT2D eigenvalue weighted by Crippen LogP contribution is -2.27. The van der Waals surface area contributed by atoms with Crippen molar-refractivity contribution < 1.29 is 18.1 Å². The van der Waals surface area contributed by atoms with Crippen molar-refractivity contribution >= 4 is 15.7 Å². The summed E-state index contributed by atoms with van der Waals surface area (Å²) >= 11 is 0. The molecular formula is C18H17N3O5S. The molecular weight excluding hydrogens is 370 g/mol. The maximum Gasteiger partial charge on any atom is 0.312 e. The van der Waals surface area contributed by atoms with Crippen molar-refractivity contribution in [2.24, 2.45) is 0 Å². The highest BCUT2D eigenvalue weighted by Gasteiger charge is 2.29. The predicted octanol–water partition coefficient (Wildman–Crippen LogP) is 2.83. The molecule has 0 aliphatic carbocycles. The summed E-state index contributed by atoms with van der Waals surface area (Å²) in [7, 11) is -3.75. The van der Waals surface area contributed by atoms with Crippen LogP contribution < -0.4 is 4.74 Å². The number of sulfonamides is 1. The van der Waals surface area contributed by atoms with Gasteiger partial charge < -0.3 is 4.74 Å². The van der Waals surface area contributed by atoms with Crippen molar-refractivity contribution in [3.05, 3.63) is 63.7 Å². The Morgan fingerprint density at radius 1 is 1.19 bits per heavy atom. The smallest absolute Gasteiger partial charge is 0.312 e. The van der Waals surface area contributed by atoms with Gasteiger partial charge in [0.25, 0.3) is 0 Å². The number of nitro groups is 1. The highest BCUT2D eigenvalue weighted by molar-refractivity contribution is 7.89. The van der Waals surface area contributed by atoms with Gasteiger partial charge in [0.2, 0.25) is 10.0 Å². The van der Waals surface area contributed by atoms with Gasteiger partial charge in [-0.2, -0.15) is 9.57 Å². The van der Waals surface area contributed by atoms with Gasteiger partial charge in [-0.15, -0.1) is 0 Å². The second-order valence-corrected chi connectivity index (χ2v) is 8.04. The van der Waals surface area contributed by atoms with Crippen LogP contribution in [-0.2, 0) is 16.6 Å². The minimum atomic E-state index is -3.75. The van der Waals surface area contributed by atoms with Crippen LogP contribution in [0.5, 0.6) is 5.75 Å². The standard InChI is InChI=1S/C18H17N3O5S/c19-12-14-4-3-5-15(10-14)13-26-18-7-6-16(11-17(18)21(22)23)27(24,25)20-8-1-2-9-20/h3-7,10-11H,1-2,8-9,13H2. The summed E-state index contributed by atoms with van der Waals surface area (Å²) in [4.78, 5) is 10.6. The average molecular weight is 387 g/mol. The Kier molecular flexibility index (Phi) is 5.39. The fourth-order valence-electron chi connectivity index (χ4n) is 2.89. The van der Waals surface area contributed by atoms with E-state index in [0.29, 0.717) is 24.2 Å². The number of ether oxygens (including phenoxy) is 1. The summed E-state index contributed by atoms with van der Waals surface area (Å²) in [5, 5.41) is 20.3. The van der Waals surface area contributed by atoms with Gasteiger partial charge in [0.1, 0.15) is 6.61 Å². The van der Waals surface area contributed by atoms with Gasteiger partial charge in [-0.05, 0) is 42.7 Å². The molecule has 0 spiro atoms. The number of hydrogen-bond acceptors (Lipinski definition) is 6. The average Bonchev–Trinajstić information content (AvgIpc) is 3.22. The molecule has 1 fully saturated rings. The third kappa shape index (κ3) is 4.07. The normalized spacial score (nSPS) is 14.6. The van der Waals surface area contributed by atoms with Gasteiger partial charge in [0.15, 0.2) is 5.75 Å². The molecule has 0 saturated carbocycles. The van der Waals surface area contributed by atoms with Crippen LogP contribution in [0, 0.1) is 21.4 Å². The molecule has 0 N–H and O–H groups in total. The van der Waals surface area contributed by atoms with E-state index in [1.54, 1.807) is 24.3 Å². The molecule has 1 aliphatic rings. The first-order chi connectivity index (χ1) is 12.9. The van der Waals surface area contributed by atoms with E-state index < -0.39 is 20.6 Å². The van der Waals surface area contributed by atoms with Gasteiger partial charge >= 0.3 is 5.69 Å². The summed E-state index contributed by atoms with van der Waals surface area (Å²) in [5.41, 5.74) is 0.724. The molecule has 1 aliphatic heterocycles. The van der Waals surface area contributed by atoms with Crippen LogP contribution in [0.1, 0.15) is 24.0 Å². The summed E-state index contributed by atoms with van der Waals surface area (Å²) < 4.78 is 32.1. The number of hydrogen-bond donors (Lipinski definition) is 0. The molecule has 0 aromatic heterocycles. The highest BCUT2D eigenvalue weighted by atomic mass is 32.2. The van der Waals surface area contributed by atoms with Crippen LogP contribution in [0.3, 0.4) is 0 Å². The van der Waals surface area contributed by atoms with Crippen LogP contribution in [0.2, 0.25) is 0 Å². The van der Waals surface area contributed by atoms with Gasteiger partial charge in [0, 0.05) is 19.2 Å². The molecule has 27 heavy (non-hydrogen) atoms. The Balaban J connectivity index is 1.86. The molecule has 3 rings (SSSR count). The van der Waals surface area contributed by atoms with Crippen LogP contribution in [-0.4, -0.2) is 30.7 Å². The van der Waals surface area contributed by atoms with Crippen molar-refractivity contribution in [3.63, 3.8) is 0 Å². The largest absolute Gasteiger partial charge is 0.482 e. The third-order valence-corrected chi connectivity index (χ3v) is 6.17. The molecule has 0 unspecified atom stereocenters. The molecule has 140 valence electrons. The molecule has 0 amide bonds. The fourth-order valence-corrected chi connectivity index (χ4v) is 4.43. The van der Waals surface area contributed by atoms with Gasteiger partial charge in [-0.3, -0.25) is 10.1 Å². The lowest BCUT2D eigenvalue weighted by molar-refractivity contribution is -0.386. The summed E-state index contributed by atoms with van der Waals surface area (Å²) in [6.07, 6.45) is 1.56. The predicted molar refractivity (Wildman–Crippen MR) is 96.6 cm³/mol. The third-order valence-electron chi connectivity index (χ3n) is 4.28. The van der Waals surface area contributed by atoms with Crippen molar-refractivity contribution in [1.29, 1.82) is 5.26 Å². The molecule has 0 bridgehead atoms. The minimum absolute atomic E-state index is 0.0224. The second-order valence-electron chi connectivity index (χ2n) is 6.10. The number of benzene rings is 2. The molecule has 0 radical (unpaired) electrons.